The van der Waals surface area contributed by atoms with Gasteiger partial charge in [0.2, 0.25) is 6.41 Å². The SMILES string of the molecule is Cc1cc(C2(O)CCC2)c(NC=O)cc1F. The average Bonchev–Trinajstić information content (AvgIpc) is 2.20. The van der Waals surface area contributed by atoms with Gasteiger partial charge in [0.05, 0.1) is 5.60 Å². The number of aryl methyl sites for hydroxylation is 1. The van der Waals surface area contributed by atoms with Crippen molar-refractivity contribution in [3.63, 3.8) is 0 Å². The van der Waals surface area contributed by atoms with Gasteiger partial charge in [-0.25, -0.2) is 4.39 Å². The van der Waals surface area contributed by atoms with Crippen LogP contribution in [-0.2, 0) is 10.4 Å². The van der Waals surface area contributed by atoms with Crippen LogP contribution in [0.3, 0.4) is 0 Å². The minimum absolute atomic E-state index is 0.361. The highest BCUT2D eigenvalue weighted by atomic mass is 19.1. The molecule has 0 saturated heterocycles. The highest BCUT2D eigenvalue weighted by molar-refractivity contribution is 5.74. The maximum atomic E-state index is 13.4. The zero-order chi connectivity index (χ0) is 11.8. The maximum Gasteiger partial charge on any atom is 0.211 e. The van der Waals surface area contributed by atoms with Crippen LogP contribution < -0.4 is 5.32 Å². The molecule has 4 heteroatoms. The average molecular weight is 223 g/mol. The van der Waals surface area contributed by atoms with Crippen molar-refractivity contribution in [2.75, 3.05) is 5.32 Å². The van der Waals surface area contributed by atoms with E-state index in [4.69, 9.17) is 0 Å². The molecule has 0 aromatic heterocycles. The summed E-state index contributed by atoms with van der Waals surface area (Å²) in [6.07, 6.45) is 2.76. The van der Waals surface area contributed by atoms with Crippen molar-refractivity contribution in [1.29, 1.82) is 0 Å². The van der Waals surface area contributed by atoms with Gasteiger partial charge in [0, 0.05) is 11.3 Å². The molecule has 1 saturated carbocycles. The van der Waals surface area contributed by atoms with Crippen LogP contribution in [0.15, 0.2) is 12.1 Å². The van der Waals surface area contributed by atoms with E-state index in [0.29, 0.717) is 36.1 Å². The molecule has 1 amide bonds. The van der Waals surface area contributed by atoms with E-state index in [2.05, 4.69) is 5.32 Å². The molecule has 1 aromatic carbocycles. The lowest BCUT2D eigenvalue weighted by molar-refractivity contribution is -0.105. The van der Waals surface area contributed by atoms with Gasteiger partial charge in [-0.05, 0) is 43.9 Å². The van der Waals surface area contributed by atoms with Crippen LogP contribution in [0.25, 0.3) is 0 Å². The number of nitrogens with one attached hydrogen (secondary N) is 1. The first kappa shape index (κ1) is 11.1. The zero-order valence-electron chi connectivity index (χ0n) is 9.09. The van der Waals surface area contributed by atoms with Crippen molar-refractivity contribution in [1.82, 2.24) is 0 Å². The number of hydrogen-bond donors (Lipinski definition) is 2. The van der Waals surface area contributed by atoms with Crippen LogP contribution in [0.5, 0.6) is 0 Å². The fourth-order valence-corrected chi connectivity index (χ4v) is 2.03. The summed E-state index contributed by atoms with van der Waals surface area (Å²) in [5.41, 5.74) is 0.556. The molecule has 2 rings (SSSR count). The Balaban J connectivity index is 2.48. The first-order valence-corrected chi connectivity index (χ1v) is 5.30. The van der Waals surface area contributed by atoms with E-state index < -0.39 is 5.60 Å². The highest BCUT2D eigenvalue weighted by Crippen LogP contribution is 2.44. The molecule has 2 N–H and O–H groups in total. The molecule has 0 atom stereocenters. The van der Waals surface area contributed by atoms with Gasteiger partial charge in [-0.15, -0.1) is 0 Å². The van der Waals surface area contributed by atoms with Gasteiger partial charge in [0.15, 0.2) is 0 Å². The van der Waals surface area contributed by atoms with Crippen molar-refractivity contribution in [3.05, 3.63) is 29.1 Å². The lowest BCUT2D eigenvalue weighted by Gasteiger charge is -2.38. The smallest absolute Gasteiger partial charge is 0.211 e. The van der Waals surface area contributed by atoms with E-state index in [1.165, 1.54) is 6.07 Å². The monoisotopic (exact) mass is 223 g/mol. The van der Waals surface area contributed by atoms with Crippen LogP contribution in [-0.4, -0.2) is 11.5 Å². The molecule has 0 spiro atoms. The van der Waals surface area contributed by atoms with Gasteiger partial charge in [0.1, 0.15) is 5.82 Å². The van der Waals surface area contributed by atoms with E-state index in [0.717, 1.165) is 6.42 Å². The van der Waals surface area contributed by atoms with Crippen LogP contribution in [0.4, 0.5) is 10.1 Å². The molecule has 16 heavy (non-hydrogen) atoms. The summed E-state index contributed by atoms with van der Waals surface area (Å²) >= 11 is 0. The Kier molecular flexibility index (Phi) is 2.68. The Morgan fingerprint density at radius 2 is 2.19 bits per heavy atom. The lowest BCUT2D eigenvalue weighted by atomic mass is 9.74. The van der Waals surface area contributed by atoms with E-state index >= 15 is 0 Å². The Morgan fingerprint density at radius 1 is 1.50 bits per heavy atom. The molecular formula is C12H14FNO2. The van der Waals surface area contributed by atoms with E-state index in [1.807, 2.05) is 0 Å². The second-order valence-electron chi connectivity index (χ2n) is 4.29. The Hall–Kier alpha value is -1.42. The maximum absolute atomic E-state index is 13.4. The van der Waals surface area contributed by atoms with E-state index in [-0.39, 0.29) is 5.82 Å². The summed E-state index contributed by atoms with van der Waals surface area (Å²) in [7, 11) is 0. The molecule has 0 heterocycles. The van der Waals surface area contributed by atoms with Crippen LogP contribution >= 0.6 is 0 Å². The molecule has 1 aliphatic carbocycles. The zero-order valence-corrected chi connectivity index (χ0v) is 9.09. The number of halogens is 1. The molecule has 1 aromatic rings. The van der Waals surface area contributed by atoms with E-state index in [9.17, 15) is 14.3 Å². The molecule has 1 fully saturated rings. The number of hydrogen-bond acceptors (Lipinski definition) is 2. The van der Waals surface area contributed by atoms with Crippen molar-refractivity contribution in [2.45, 2.75) is 31.8 Å². The number of amides is 1. The molecule has 86 valence electrons. The predicted octanol–water partition coefficient (Wildman–Crippen LogP) is 2.07. The van der Waals surface area contributed by atoms with Crippen molar-refractivity contribution in [3.8, 4) is 0 Å². The highest BCUT2D eigenvalue weighted by Gasteiger charge is 2.38. The van der Waals surface area contributed by atoms with Gasteiger partial charge in [-0.3, -0.25) is 4.79 Å². The quantitative estimate of drug-likeness (QED) is 0.771. The van der Waals surface area contributed by atoms with Gasteiger partial charge < -0.3 is 10.4 Å². The van der Waals surface area contributed by atoms with Crippen molar-refractivity contribution in [2.24, 2.45) is 0 Å². The van der Waals surface area contributed by atoms with Gasteiger partial charge >= 0.3 is 0 Å². The topological polar surface area (TPSA) is 49.3 Å². The van der Waals surface area contributed by atoms with Crippen molar-refractivity contribution >= 4 is 12.1 Å². The number of aliphatic hydroxyl groups is 1. The first-order valence-electron chi connectivity index (χ1n) is 5.30. The van der Waals surface area contributed by atoms with Gasteiger partial charge in [0.25, 0.3) is 0 Å². The largest absolute Gasteiger partial charge is 0.385 e. The Bertz CT molecular complexity index is 427. The van der Waals surface area contributed by atoms with Crippen LogP contribution in [0, 0.1) is 12.7 Å². The number of carbonyl (C=O) groups is 1. The lowest BCUT2D eigenvalue weighted by Crippen LogP contribution is -2.34. The number of rotatable bonds is 3. The Morgan fingerprint density at radius 3 is 2.69 bits per heavy atom. The summed E-state index contributed by atoms with van der Waals surface area (Å²) in [6.45, 7) is 1.64. The molecule has 3 nitrogen and oxygen atoms in total. The fraction of sp³-hybridized carbons (Fsp3) is 0.417. The van der Waals surface area contributed by atoms with Crippen LogP contribution in [0.2, 0.25) is 0 Å². The summed E-state index contributed by atoms with van der Waals surface area (Å²) in [4.78, 5) is 10.4. The molecule has 0 aliphatic heterocycles. The number of anilines is 1. The summed E-state index contributed by atoms with van der Waals surface area (Å²) < 4.78 is 13.4. The number of benzene rings is 1. The standard InChI is InChI=1S/C12H14FNO2/c1-8-5-9(12(16)3-2-4-12)11(14-7-15)6-10(8)13/h5-7,16H,2-4H2,1H3,(H,14,15). The van der Waals surface area contributed by atoms with Crippen molar-refractivity contribution < 1.29 is 14.3 Å². The van der Waals surface area contributed by atoms with E-state index in [1.54, 1.807) is 13.0 Å². The third-order valence-electron chi connectivity index (χ3n) is 3.20. The number of carbonyl (C=O) groups excluding carboxylic acids is 1. The predicted molar refractivity (Wildman–Crippen MR) is 58.6 cm³/mol. The molecule has 0 radical (unpaired) electrons. The molecule has 1 aliphatic rings. The molecule has 0 bridgehead atoms. The van der Waals surface area contributed by atoms with Gasteiger partial charge in [-0.2, -0.15) is 0 Å². The molecule has 0 unspecified atom stereocenters. The minimum atomic E-state index is -0.899. The summed E-state index contributed by atoms with van der Waals surface area (Å²) in [5, 5.41) is 12.7. The second kappa shape index (κ2) is 3.87. The third-order valence-corrected chi connectivity index (χ3v) is 3.20. The summed E-state index contributed by atoms with van der Waals surface area (Å²) in [6, 6.07) is 2.87. The van der Waals surface area contributed by atoms with Gasteiger partial charge in [-0.1, -0.05) is 0 Å². The fourth-order valence-electron chi connectivity index (χ4n) is 2.03. The summed E-state index contributed by atoms with van der Waals surface area (Å²) in [5.74, 6) is -0.379. The third kappa shape index (κ3) is 1.69. The molecular weight excluding hydrogens is 209 g/mol. The second-order valence-corrected chi connectivity index (χ2v) is 4.29. The van der Waals surface area contributed by atoms with Crippen LogP contribution in [0.1, 0.15) is 30.4 Å². The first-order chi connectivity index (χ1) is 7.57. The minimum Gasteiger partial charge on any atom is -0.385 e. The Labute approximate surface area is 93.3 Å². The normalized spacial score (nSPS) is 17.7.